The number of nitrogens with zero attached hydrogens (tertiary/aromatic N) is 5. The molecule has 1 fully saturated rings. The van der Waals surface area contributed by atoms with Crippen LogP contribution in [0.25, 0.3) is 5.95 Å². The molecule has 0 radical (unpaired) electrons. The molecule has 0 saturated carbocycles. The number of amides is 1. The van der Waals surface area contributed by atoms with Crippen LogP contribution in [-0.2, 0) is 11.2 Å². The average Bonchev–Trinajstić information content (AvgIpc) is 3.16. The lowest BCUT2D eigenvalue weighted by atomic mass is 9.88. The van der Waals surface area contributed by atoms with Crippen molar-refractivity contribution < 1.29 is 19.1 Å². The fourth-order valence-corrected chi connectivity index (χ4v) is 5.01. The summed E-state index contributed by atoms with van der Waals surface area (Å²) in [7, 11) is 0. The van der Waals surface area contributed by atoms with Crippen LogP contribution in [0.5, 0.6) is 11.5 Å². The van der Waals surface area contributed by atoms with Gasteiger partial charge in [0.25, 0.3) is 5.95 Å². The van der Waals surface area contributed by atoms with Gasteiger partial charge in [0.15, 0.2) is 17.3 Å². The van der Waals surface area contributed by atoms with Crippen molar-refractivity contribution >= 4 is 11.7 Å². The highest BCUT2D eigenvalue weighted by atomic mass is 16.6. The third-order valence-corrected chi connectivity index (χ3v) is 6.97. The van der Waals surface area contributed by atoms with Crippen LogP contribution in [0.1, 0.15) is 51.5 Å². The molecule has 0 atom stereocenters. The summed E-state index contributed by atoms with van der Waals surface area (Å²) in [5.41, 5.74) is 4.95. The van der Waals surface area contributed by atoms with Crippen LogP contribution in [0.15, 0.2) is 24.3 Å². The van der Waals surface area contributed by atoms with Gasteiger partial charge in [-0.2, -0.15) is 5.10 Å². The monoisotopic (exact) mass is 489 g/mol. The standard InChI is InChI=1S/C27H31N5O4/c1-16-13-17(2)29-27(28-16)32-19(4)22(18(3)30-32)15-25(33)31-9-7-20(8-10-31)26(34)21-5-6-23-24(14-21)36-12-11-35-23/h5-6,13-14,20H,7-12,15H2,1-4H3. The Bertz CT molecular complexity index is 1300. The van der Waals surface area contributed by atoms with Gasteiger partial charge >= 0.3 is 0 Å². The number of aromatic nitrogens is 4. The summed E-state index contributed by atoms with van der Waals surface area (Å²) in [4.78, 5) is 37.2. The van der Waals surface area contributed by atoms with E-state index >= 15 is 0 Å². The number of hydrogen-bond acceptors (Lipinski definition) is 7. The van der Waals surface area contributed by atoms with Gasteiger partial charge < -0.3 is 14.4 Å². The van der Waals surface area contributed by atoms with Crippen molar-refractivity contribution in [3.63, 3.8) is 0 Å². The van der Waals surface area contributed by atoms with Crippen molar-refractivity contribution in [1.82, 2.24) is 24.6 Å². The van der Waals surface area contributed by atoms with Crippen LogP contribution in [0.3, 0.4) is 0 Å². The first kappa shape index (κ1) is 24.0. The zero-order valence-electron chi connectivity index (χ0n) is 21.2. The number of aryl methyl sites for hydroxylation is 3. The fourth-order valence-electron chi connectivity index (χ4n) is 5.01. The molecule has 9 heteroatoms. The molecule has 0 aliphatic carbocycles. The van der Waals surface area contributed by atoms with Crippen LogP contribution < -0.4 is 9.47 Å². The van der Waals surface area contributed by atoms with Crippen molar-refractivity contribution in [2.24, 2.45) is 5.92 Å². The first-order valence-electron chi connectivity index (χ1n) is 12.4. The number of benzene rings is 1. The topological polar surface area (TPSA) is 99.4 Å². The zero-order chi connectivity index (χ0) is 25.4. The zero-order valence-corrected chi connectivity index (χ0v) is 21.2. The lowest BCUT2D eigenvalue weighted by molar-refractivity contribution is -0.131. The molecule has 1 aromatic carbocycles. The van der Waals surface area contributed by atoms with Crippen molar-refractivity contribution in [3.8, 4) is 17.4 Å². The minimum absolute atomic E-state index is 0.0484. The van der Waals surface area contributed by atoms with E-state index in [9.17, 15) is 9.59 Å². The number of fused-ring (bicyclic) bond motifs is 1. The van der Waals surface area contributed by atoms with Gasteiger partial charge in [-0.25, -0.2) is 14.6 Å². The second kappa shape index (κ2) is 9.72. The van der Waals surface area contributed by atoms with Crippen LogP contribution in [0, 0.1) is 33.6 Å². The van der Waals surface area contributed by atoms with Crippen LogP contribution in [0.4, 0.5) is 0 Å². The Labute approximate surface area is 210 Å². The Morgan fingerprint density at radius 3 is 2.31 bits per heavy atom. The molecule has 5 rings (SSSR count). The number of carbonyl (C=O) groups excluding carboxylic acids is 2. The highest BCUT2D eigenvalue weighted by Crippen LogP contribution is 2.32. The van der Waals surface area contributed by atoms with Gasteiger partial charge in [0.1, 0.15) is 13.2 Å². The third kappa shape index (κ3) is 4.69. The highest BCUT2D eigenvalue weighted by Gasteiger charge is 2.29. The van der Waals surface area contributed by atoms with E-state index in [1.165, 1.54) is 0 Å². The molecule has 0 unspecified atom stereocenters. The molecule has 0 bridgehead atoms. The predicted molar refractivity (Wildman–Crippen MR) is 133 cm³/mol. The third-order valence-electron chi connectivity index (χ3n) is 6.97. The molecular weight excluding hydrogens is 458 g/mol. The summed E-state index contributed by atoms with van der Waals surface area (Å²) in [5.74, 6) is 1.86. The first-order valence-corrected chi connectivity index (χ1v) is 12.4. The molecule has 0 N–H and O–H groups in total. The van der Waals surface area contributed by atoms with E-state index in [0.29, 0.717) is 62.2 Å². The Morgan fingerprint density at radius 2 is 1.61 bits per heavy atom. The van der Waals surface area contributed by atoms with E-state index in [4.69, 9.17) is 9.47 Å². The minimum Gasteiger partial charge on any atom is -0.486 e. The number of ether oxygens (including phenoxy) is 2. The molecule has 36 heavy (non-hydrogen) atoms. The summed E-state index contributed by atoms with van der Waals surface area (Å²) < 4.78 is 12.9. The molecule has 9 nitrogen and oxygen atoms in total. The SMILES string of the molecule is Cc1cc(C)nc(-n2nc(C)c(CC(=O)N3CCC(C(=O)c4ccc5c(c4)OCCO5)CC3)c2C)n1. The lowest BCUT2D eigenvalue weighted by Gasteiger charge is -2.31. The van der Waals surface area contributed by atoms with E-state index in [1.807, 2.05) is 38.7 Å². The van der Waals surface area contributed by atoms with E-state index < -0.39 is 0 Å². The maximum Gasteiger partial charge on any atom is 0.251 e. The number of ketones is 1. The fraction of sp³-hybridized carbons (Fsp3) is 0.444. The van der Waals surface area contributed by atoms with E-state index in [-0.39, 0.29) is 24.0 Å². The van der Waals surface area contributed by atoms with Crippen LogP contribution in [-0.4, -0.2) is 62.6 Å². The van der Waals surface area contributed by atoms with Gasteiger partial charge in [-0.05, 0) is 64.8 Å². The molecule has 3 aromatic rings. The first-order chi connectivity index (χ1) is 17.3. The summed E-state index contributed by atoms with van der Waals surface area (Å²) in [5, 5.41) is 4.62. The normalized spacial score (nSPS) is 15.7. The summed E-state index contributed by atoms with van der Waals surface area (Å²) in [6.07, 6.45) is 1.56. The van der Waals surface area contributed by atoms with Crippen molar-refractivity contribution in [3.05, 3.63) is 58.2 Å². The second-order valence-corrected chi connectivity index (χ2v) is 9.57. The van der Waals surface area contributed by atoms with Crippen molar-refractivity contribution in [2.75, 3.05) is 26.3 Å². The molecular formula is C27H31N5O4. The smallest absolute Gasteiger partial charge is 0.251 e. The summed E-state index contributed by atoms with van der Waals surface area (Å²) in [6, 6.07) is 7.29. The molecule has 4 heterocycles. The molecule has 1 amide bonds. The quantitative estimate of drug-likeness (QED) is 0.507. The number of rotatable bonds is 5. The summed E-state index contributed by atoms with van der Waals surface area (Å²) >= 11 is 0. The van der Waals surface area contributed by atoms with Gasteiger partial charge in [0.05, 0.1) is 12.1 Å². The molecule has 2 aliphatic rings. The molecule has 2 aromatic heterocycles. The molecule has 0 spiro atoms. The van der Waals surface area contributed by atoms with Gasteiger partial charge in [0, 0.05) is 47.2 Å². The maximum absolute atomic E-state index is 13.2. The maximum atomic E-state index is 13.2. The Hall–Kier alpha value is -3.75. The van der Waals surface area contributed by atoms with E-state index in [2.05, 4.69) is 15.1 Å². The van der Waals surface area contributed by atoms with Crippen molar-refractivity contribution in [2.45, 2.75) is 47.0 Å². The number of Topliss-reactive ketones (excluding diaryl/α,β-unsaturated/α-hetero) is 1. The number of likely N-dealkylation sites (tertiary alicyclic amines) is 1. The predicted octanol–water partition coefficient (Wildman–Crippen LogP) is 3.33. The Morgan fingerprint density at radius 1 is 0.944 bits per heavy atom. The lowest BCUT2D eigenvalue weighted by Crippen LogP contribution is -2.41. The van der Waals surface area contributed by atoms with Crippen LogP contribution in [0.2, 0.25) is 0 Å². The number of piperidine rings is 1. The number of hydrogen-bond donors (Lipinski definition) is 0. The average molecular weight is 490 g/mol. The highest BCUT2D eigenvalue weighted by molar-refractivity contribution is 5.98. The van der Waals surface area contributed by atoms with Gasteiger partial charge in [-0.1, -0.05) is 0 Å². The number of carbonyl (C=O) groups is 2. The molecule has 1 saturated heterocycles. The van der Waals surface area contributed by atoms with E-state index in [0.717, 1.165) is 28.3 Å². The van der Waals surface area contributed by atoms with Gasteiger partial charge in [-0.15, -0.1) is 0 Å². The molecule has 2 aliphatic heterocycles. The Balaban J connectivity index is 1.23. The van der Waals surface area contributed by atoms with Crippen molar-refractivity contribution in [1.29, 1.82) is 0 Å². The van der Waals surface area contributed by atoms with Gasteiger partial charge in [-0.3, -0.25) is 9.59 Å². The molecule has 188 valence electrons. The second-order valence-electron chi connectivity index (χ2n) is 9.57. The van der Waals surface area contributed by atoms with Crippen LogP contribution >= 0.6 is 0 Å². The van der Waals surface area contributed by atoms with E-state index in [1.54, 1.807) is 22.9 Å². The largest absolute Gasteiger partial charge is 0.486 e. The minimum atomic E-state index is -0.107. The summed E-state index contributed by atoms with van der Waals surface area (Å²) in [6.45, 7) is 9.84. The van der Waals surface area contributed by atoms with Gasteiger partial charge in [0.2, 0.25) is 5.91 Å². The Kier molecular flexibility index (Phi) is 6.47.